The molecule has 1 aliphatic rings. The monoisotopic (exact) mass is 292 g/mol. The molecule has 1 aromatic carbocycles. The predicted octanol–water partition coefficient (Wildman–Crippen LogP) is 2.82. The fraction of sp³-hybridized carbons (Fsp3) is 0.267. The Kier molecular flexibility index (Phi) is 5.50. The zero-order valence-electron chi connectivity index (χ0n) is 11.0. The van der Waals surface area contributed by atoms with E-state index in [1.807, 2.05) is 48.6 Å². The van der Waals surface area contributed by atoms with Crippen molar-refractivity contribution in [2.75, 3.05) is 12.4 Å². The van der Waals surface area contributed by atoms with Crippen LogP contribution in [0, 0.1) is 0 Å². The fourth-order valence-electron chi connectivity index (χ4n) is 1.79. The molecule has 1 aromatic rings. The van der Waals surface area contributed by atoms with Crippen molar-refractivity contribution in [3.05, 3.63) is 54.3 Å². The maximum absolute atomic E-state index is 11.5. The van der Waals surface area contributed by atoms with Gasteiger partial charge in [0.25, 0.3) is 0 Å². The summed E-state index contributed by atoms with van der Waals surface area (Å²) in [5.41, 5.74) is 0.769. The highest BCUT2D eigenvalue weighted by Gasteiger charge is 2.11. The maximum Gasteiger partial charge on any atom is 0.319 e. The summed E-state index contributed by atoms with van der Waals surface area (Å²) in [6.07, 6.45) is 6.43. The summed E-state index contributed by atoms with van der Waals surface area (Å²) in [5, 5.41) is 5.39. The average molecular weight is 293 g/mol. The summed E-state index contributed by atoms with van der Waals surface area (Å²) in [6, 6.07) is 9.42. The Labute approximate surface area is 123 Å². The molecular weight excluding hydrogens is 276 g/mol. The highest BCUT2D eigenvalue weighted by molar-refractivity contribution is 6.18. The molecule has 0 aromatic heterocycles. The molecule has 0 fully saturated rings. The van der Waals surface area contributed by atoms with Crippen molar-refractivity contribution in [1.29, 1.82) is 0 Å². The van der Waals surface area contributed by atoms with Crippen LogP contribution in [0.1, 0.15) is 6.42 Å². The van der Waals surface area contributed by atoms with Crippen LogP contribution in [-0.4, -0.2) is 24.6 Å². The van der Waals surface area contributed by atoms with E-state index in [-0.39, 0.29) is 12.1 Å². The van der Waals surface area contributed by atoms with E-state index in [9.17, 15) is 4.79 Å². The number of hydrogen-bond donors (Lipinski definition) is 2. The number of allylic oxidation sites excluding steroid dienone is 1. The number of nitrogens with one attached hydrogen (secondary N) is 2. The van der Waals surface area contributed by atoms with Crippen molar-refractivity contribution < 1.29 is 9.53 Å². The van der Waals surface area contributed by atoms with Crippen molar-refractivity contribution >= 4 is 17.6 Å². The van der Waals surface area contributed by atoms with E-state index in [0.717, 1.165) is 17.9 Å². The molecule has 2 N–H and O–H groups in total. The molecule has 1 atom stereocenters. The third kappa shape index (κ3) is 4.63. The molecule has 106 valence electrons. The summed E-state index contributed by atoms with van der Waals surface area (Å²) in [4.78, 5) is 11.5. The van der Waals surface area contributed by atoms with E-state index < -0.39 is 0 Å². The molecule has 1 aliphatic carbocycles. The van der Waals surface area contributed by atoms with Crippen LogP contribution in [0.4, 0.5) is 4.79 Å². The van der Waals surface area contributed by atoms with Gasteiger partial charge in [0, 0.05) is 24.5 Å². The van der Waals surface area contributed by atoms with Gasteiger partial charge in [0.1, 0.15) is 11.9 Å². The molecule has 0 saturated carbocycles. The number of rotatable bonds is 5. The summed E-state index contributed by atoms with van der Waals surface area (Å²) in [7, 11) is 0. The highest BCUT2D eigenvalue weighted by Crippen LogP contribution is 2.17. The van der Waals surface area contributed by atoms with E-state index >= 15 is 0 Å². The summed E-state index contributed by atoms with van der Waals surface area (Å²) in [5.74, 6) is 1.24. The quantitative estimate of drug-likeness (QED) is 0.820. The van der Waals surface area contributed by atoms with Gasteiger partial charge in [-0.05, 0) is 24.3 Å². The molecule has 2 rings (SSSR count). The van der Waals surface area contributed by atoms with Gasteiger partial charge in [0.15, 0.2) is 0 Å². The molecule has 1 unspecified atom stereocenters. The minimum absolute atomic E-state index is 0.00569. The summed E-state index contributed by atoms with van der Waals surface area (Å²) >= 11 is 5.50. The Balaban J connectivity index is 1.79. The number of carbonyl (C=O) groups excluding carboxylic acids is 1. The molecular formula is C15H17ClN2O2. The molecule has 0 bridgehead atoms. The average Bonchev–Trinajstić information content (AvgIpc) is 2.48. The molecule has 4 nitrogen and oxygen atoms in total. The zero-order valence-corrected chi connectivity index (χ0v) is 11.8. The van der Waals surface area contributed by atoms with E-state index in [4.69, 9.17) is 16.3 Å². The van der Waals surface area contributed by atoms with Crippen molar-refractivity contribution in [2.45, 2.75) is 12.5 Å². The van der Waals surface area contributed by atoms with Crippen molar-refractivity contribution in [3.63, 3.8) is 0 Å². The number of para-hydroxylation sites is 1. The smallest absolute Gasteiger partial charge is 0.319 e. The third-order valence-corrected chi connectivity index (χ3v) is 2.92. The lowest BCUT2D eigenvalue weighted by atomic mass is 10.1. The first-order valence-corrected chi connectivity index (χ1v) is 7.02. The second-order valence-corrected chi connectivity index (χ2v) is 4.67. The lowest BCUT2D eigenvalue weighted by Gasteiger charge is -2.18. The van der Waals surface area contributed by atoms with Gasteiger partial charge < -0.3 is 15.4 Å². The maximum atomic E-state index is 11.5. The Morgan fingerprint density at radius 1 is 1.35 bits per heavy atom. The third-order valence-electron chi connectivity index (χ3n) is 2.73. The second kappa shape index (κ2) is 7.60. The molecule has 0 heterocycles. The zero-order chi connectivity index (χ0) is 14.2. The molecule has 0 aliphatic heterocycles. The van der Waals surface area contributed by atoms with E-state index in [2.05, 4.69) is 10.6 Å². The second-order valence-electron chi connectivity index (χ2n) is 4.29. The molecule has 5 heteroatoms. The summed E-state index contributed by atoms with van der Waals surface area (Å²) < 4.78 is 5.80. The minimum Gasteiger partial charge on any atom is -0.486 e. The fourth-order valence-corrected chi connectivity index (χ4v) is 1.89. The number of amides is 2. The van der Waals surface area contributed by atoms with Gasteiger partial charge >= 0.3 is 6.03 Å². The van der Waals surface area contributed by atoms with Crippen LogP contribution in [0.15, 0.2) is 54.3 Å². The molecule has 0 radical (unpaired) electrons. The first-order valence-electron chi connectivity index (χ1n) is 6.49. The normalized spacial score (nSPS) is 17.2. The van der Waals surface area contributed by atoms with Crippen molar-refractivity contribution in [3.8, 4) is 5.75 Å². The number of alkyl halides is 1. The molecule has 2 amide bonds. The topological polar surface area (TPSA) is 50.4 Å². The van der Waals surface area contributed by atoms with Crippen LogP contribution in [-0.2, 0) is 0 Å². The van der Waals surface area contributed by atoms with E-state index in [1.54, 1.807) is 0 Å². The highest BCUT2D eigenvalue weighted by atomic mass is 35.5. The van der Waals surface area contributed by atoms with Crippen molar-refractivity contribution in [1.82, 2.24) is 10.6 Å². The molecule has 20 heavy (non-hydrogen) atoms. The Morgan fingerprint density at radius 3 is 2.80 bits per heavy atom. The van der Waals surface area contributed by atoms with Crippen LogP contribution in [0.5, 0.6) is 5.75 Å². The van der Waals surface area contributed by atoms with Crippen LogP contribution in [0.2, 0.25) is 0 Å². The van der Waals surface area contributed by atoms with Crippen molar-refractivity contribution in [2.24, 2.45) is 0 Å². The molecule has 0 spiro atoms. The number of hydrogen-bond acceptors (Lipinski definition) is 2. The standard InChI is InChI=1S/C15H17ClN2O2/c16-10-11-17-15(19)18-12-6-8-14(9-7-12)20-13-4-2-1-3-5-13/h1-8,14H,9-11H2,(H2,17,18,19). The van der Waals surface area contributed by atoms with Crippen LogP contribution < -0.4 is 15.4 Å². The Hall–Kier alpha value is -1.94. The predicted molar refractivity (Wildman–Crippen MR) is 80.0 cm³/mol. The number of benzene rings is 1. The Bertz CT molecular complexity index is 500. The number of urea groups is 1. The number of halogens is 1. The molecule has 0 saturated heterocycles. The minimum atomic E-state index is -0.246. The van der Waals surface area contributed by atoms with Gasteiger partial charge in [-0.1, -0.05) is 24.3 Å². The summed E-state index contributed by atoms with van der Waals surface area (Å²) in [6.45, 7) is 0.449. The van der Waals surface area contributed by atoms with Crippen LogP contribution in [0.25, 0.3) is 0 Å². The lowest BCUT2D eigenvalue weighted by molar-refractivity contribution is 0.242. The van der Waals surface area contributed by atoms with Gasteiger partial charge in [-0.3, -0.25) is 0 Å². The first kappa shape index (κ1) is 14.5. The van der Waals surface area contributed by atoms with Gasteiger partial charge in [0.2, 0.25) is 0 Å². The van der Waals surface area contributed by atoms with Crippen LogP contribution in [0.3, 0.4) is 0 Å². The van der Waals surface area contributed by atoms with E-state index in [1.165, 1.54) is 0 Å². The van der Waals surface area contributed by atoms with Gasteiger partial charge in [-0.15, -0.1) is 11.6 Å². The largest absolute Gasteiger partial charge is 0.486 e. The van der Waals surface area contributed by atoms with Gasteiger partial charge in [0.05, 0.1) is 0 Å². The van der Waals surface area contributed by atoms with E-state index in [0.29, 0.717) is 12.4 Å². The SMILES string of the molecule is O=C(NCCCl)NC1=CCC(Oc2ccccc2)C=C1. The number of carbonyl (C=O) groups is 1. The number of ether oxygens (including phenoxy) is 1. The lowest BCUT2D eigenvalue weighted by Crippen LogP contribution is -2.36. The van der Waals surface area contributed by atoms with Gasteiger partial charge in [-0.2, -0.15) is 0 Å². The first-order chi connectivity index (χ1) is 9.78. The van der Waals surface area contributed by atoms with Crippen LogP contribution >= 0.6 is 11.6 Å². The van der Waals surface area contributed by atoms with Gasteiger partial charge in [-0.25, -0.2) is 4.79 Å². The Morgan fingerprint density at radius 2 is 2.15 bits per heavy atom.